The molecule has 0 aliphatic carbocycles. The third-order valence-electron chi connectivity index (χ3n) is 1.13. The Hall–Kier alpha value is -0.0500. The molecular formula is C8H15BrO2. The van der Waals surface area contributed by atoms with Gasteiger partial charge in [0, 0.05) is 11.8 Å². The molecule has 0 bridgehead atoms. The molecule has 0 fully saturated rings. The van der Waals surface area contributed by atoms with Gasteiger partial charge in [0.25, 0.3) is 0 Å². The van der Waals surface area contributed by atoms with Crippen molar-refractivity contribution in [3.05, 3.63) is 0 Å². The highest BCUT2D eigenvalue weighted by molar-refractivity contribution is 9.09. The lowest BCUT2D eigenvalue weighted by Gasteiger charge is -2.06. The monoisotopic (exact) mass is 222 g/mol. The molecule has 0 radical (unpaired) electrons. The number of hydrogen-bond donors (Lipinski definition) is 0. The SMILES string of the molecule is CC(C)OC(=O)CCCCBr. The van der Waals surface area contributed by atoms with Crippen molar-refractivity contribution in [1.82, 2.24) is 0 Å². The standard InChI is InChI=1S/C8H15BrO2/c1-7(2)11-8(10)5-3-4-6-9/h7H,3-6H2,1-2H3. The normalized spacial score (nSPS) is 10.2. The van der Waals surface area contributed by atoms with Crippen LogP contribution >= 0.6 is 15.9 Å². The molecule has 0 aliphatic heterocycles. The van der Waals surface area contributed by atoms with Crippen LogP contribution in [0.3, 0.4) is 0 Å². The first-order valence-electron chi connectivity index (χ1n) is 3.92. The molecule has 3 heteroatoms. The van der Waals surface area contributed by atoms with Crippen molar-refractivity contribution in [1.29, 1.82) is 0 Å². The molecule has 0 heterocycles. The van der Waals surface area contributed by atoms with Gasteiger partial charge in [0.05, 0.1) is 6.10 Å². The predicted octanol–water partition coefficient (Wildman–Crippen LogP) is 2.50. The van der Waals surface area contributed by atoms with Crippen molar-refractivity contribution in [3.63, 3.8) is 0 Å². The summed E-state index contributed by atoms with van der Waals surface area (Å²) in [6.07, 6.45) is 2.51. The summed E-state index contributed by atoms with van der Waals surface area (Å²) >= 11 is 3.30. The summed E-state index contributed by atoms with van der Waals surface area (Å²) < 4.78 is 4.94. The zero-order valence-electron chi connectivity index (χ0n) is 7.10. The summed E-state index contributed by atoms with van der Waals surface area (Å²) in [5.74, 6) is -0.0825. The van der Waals surface area contributed by atoms with Gasteiger partial charge in [-0.2, -0.15) is 0 Å². The van der Waals surface area contributed by atoms with Gasteiger partial charge in [0.15, 0.2) is 0 Å². The Balaban J connectivity index is 3.23. The average molecular weight is 223 g/mol. The van der Waals surface area contributed by atoms with Crippen LogP contribution in [0.2, 0.25) is 0 Å². The van der Waals surface area contributed by atoms with E-state index >= 15 is 0 Å². The number of carbonyl (C=O) groups excluding carboxylic acids is 1. The molecule has 0 saturated carbocycles. The van der Waals surface area contributed by atoms with Crippen molar-refractivity contribution >= 4 is 21.9 Å². The minimum atomic E-state index is -0.0825. The molecule has 0 amide bonds. The van der Waals surface area contributed by atoms with E-state index in [2.05, 4.69) is 15.9 Å². The molecule has 0 atom stereocenters. The zero-order valence-corrected chi connectivity index (χ0v) is 8.69. The fourth-order valence-corrected chi connectivity index (χ4v) is 1.08. The van der Waals surface area contributed by atoms with Crippen molar-refractivity contribution in [3.8, 4) is 0 Å². The fraction of sp³-hybridized carbons (Fsp3) is 0.875. The molecule has 0 spiro atoms. The lowest BCUT2D eigenvalue weighted by Crippen LogP contribution is -2.10. The number of halogens is 1. The molecule has 66 valence electrons. The molecule has 2 nitrogen and oxygen atoms in total. The van der Waals surface area contributed by atoms with Crippen molar-refractivity contribution in [2.24, 2.45) is 0 Å². The third kappa shape index (κ3) is 7.85. The highest BCUT2D eigenvalue weighted by Crippen LogP contribution is 2.01. The Labute approximate surface area is 76.4 Å². The third-order valence-corrected chi connectivity index (χ3v) is 1.69. The fourth-order valence-electron chi connectivity index (χ4n) is 0.686. The van der Waals surface area contributed by atoms with Gasteiger partial charge in [-0.05, 0) is 26.7 Å². The molecule has 11 heavy (non-hydrogen) atoms. The minimum absolute atomic E-state index is 0.0199. The summed E-state index contributed by atoms with van der Waals surface area (Å²) in [7, 11) is 0. The Morgan fingerprint density at radius 2 is 2.09 bits per heavy atom. The maximum atomic E-state index is 10.9. The van der Waals surface area contributed by atoms with Gasteiger partial charge in [-0.1, -0.05) is 15.9 Å². The lowest BCUT2D eigenvalue weighted by atomic mass is 10.2. The van der Waals surface area contributed by atoms with E-state index in [1.165, 1.54) is 0 Å². The number of hydrogen-bond acceptors (Lipinski definition) is 2. The van der Waals surface area contributed by atoms with E-state index in [4.69, 9.17) is 4.74 Å². The summed E-state index contributed by atoms with van der Waals surface area (Å²) in [4.78, 5) is 10.9. The number of rotatable bonds is 5. The van der Waals surface area contributed by atoms with Crippen LogP contribution in [0.15, 0.2) is 0 Å². The van der Waals surface area contributed by atoms with Crippen LogP contribution in [0, 0.1) is 0 Å². The summed E-state index contributed by atoms with van der Waals surface area (Å²) in [5, 5.41) is 0.960. The van der Waals surface area contributed by atoms with E-state index in [-0.39, 0.29) is 12.1 Å². The second-order valence-electron chi connectivity index (χ2n) is 2.68. The first-order valence-corrected chi connectivity index (χ1v) is 5.04. The number of esters is 1. The minimum Gasteiger partial charge on any atom is -0.463 e. The van der Waals surface area contributed by atoms with Crippen molar-refractivity contribution < 1.29 is 9.53 Å². The van der Waals surface area contributed by atoms with Gasteiger partial charge < -0.3 is 4.74 Å². The van der Waals surface area contributed by atoms with Crippen LogP contribution < -0.4 is 0 Å². The van der Waals surface area contributed by atoms with Crippen LogP contribution in [-0.4, -0.2) is 17.4 Å². The Kier molecular flexibility index (Phi) is 6.62. The van der Waals surface area contributed by atoms with Crippen LogP contribution in [0.1, 0.15) is 33.1 Å². The average Bonchev–Trinajstić information content (AvgIpc) is 1.86. The Morgan fingerprint density at radius 3 is 2.55 bits per heavy atom. The smallest absolute Gasteiger partial charge is 0.306 e. The van der Waals surface area contributed by atoms with Gasteiger partial charge in [-0.3, -0.25) is 4.79 Å². The van der Waals surface area contributed by atoms with E-state index in [0.29, 0.717) is 6.42 Å². The maximum Gasteiger partial charge on any atom is 0.306 e. The van der Waals surface area contributed by atoms with Crippen molar-refractivity contribution in [2.75, 3.05) is 5.33 Å². The number of carbonyl (C=O) groups is 1. The summed E-state index contributed by atoms with van der Waals surface area (Å²) in [6.45, 7) is 3.73. The largest absolute Gasteiger partial charge is 0.463 e. The second kappa shape index (κ2) is 6.65. The molecule has 0 rings (SSSR count). The molecule has 0 aliphatic rings. The molecule has 0 N–H and O–H groups in total. The van der Waals surface area contributed by atoms with E-state index in [9.17, 15) is 4.79 Å². The van der Waals surface area contributed by atoms with Gasteiger partial charge in [-0.15, -0.1) is 0 Å². The van der Waals surface area contributed by atoms with E-state index in [1.807, 2.05) is 13.8 Å². The number of alkyl halides is 1. The first kappa shape index (κ1) is 11.0. The van der Waals surface area contributed by atoms with Gasteiger partial charge in [-0.25, -0.2) is 0 Å². The van der Waals surface area contributed by atoms with Crippen LogP contribution in [0.25, 0.3) is 0 Å². The summed E-state index contributed by atoms with van der Waals surface area (Å²) in [6, 6.07) is 0. The van der Waals surface area contributed by atoms with E-state index in [1.54, 1.807) is 0 Å². The first-order chi connectivity index (χ1) is 5.16. The zero-order chi connectivity index (χ0) is 8.69. The van der Waals surface area contributed by atoms with Gasteiger partial charge >= 0.3 is 5.97 Å². The van der Waals surface area contributed by atoms with Crippen LogP contribution in [0.5, 0.6) is 0 Å². The highest BCUT2D eigenvalue weighted by Gasteiger charge is 2.03. The second-order valence-corrected chi connectivity index (χ2v) is 3.48. The molecule has 0 aromatic carbocycles. The Morgan fingerprint density at radius 1 is 1.45 bits per heavy atom. The number of ether oxygens (including phenoxy) is 1. The van der Waals surface area contributed by atoms with Crippen LogP contribution in [-0.2, 0) is 9.53 Å². The van der Waals surface area contributed by atoms with Crippen LogP contribution in [0.4, 0.5) is 0 Å². The maximum absolute atomic E-state index is 10.9. The topological polar surface area (TPSA) is 26.3 Å². The molecule has 0 aromatic heterocycles. The number of unbranched alkanes of at least 4 members (excludes halogenated alkanes) is 1. The molecule has 0 saturated heterocycles. The van der Waals surface area contributed by atoms with Gasteiger partial charge in [0.1, 0.15) is 0 Å². The van der Waals surface area contributed by atoms with Gasteiger partial charge in [0.2, 0.25) is 0 Å². The molecule has 0 unspecified atom stereocenters. The van der Waals surface area contributed by atoms with E-state index in [0.717, 1.165) is 18.2 Å². The molecule has 0 aromatic rings. The molecular weight excluding hydrogens is 208 g/mol. The Bertz CT molecular complexity index is 113. The lowest BCUT2D eigenvalue weighted by molar-refractivity contribution is -0.147. The predicted molar refractivity (Wildman–Crippen MR) is 48.9 cm³/mol. The van der Waals surface area contributed by atoms with Crippen molar-refractivity contribution in [2.45, 2.75) is 39.2 Å². The quantitative estimate of drug-likeness (QED) is 0.406. The van der Waals surface area contributed by atoms with E-state index < -0.39 is 0 Å². The highest BCUT2D eigenvalue weighted by atomic mass is 79.9. The summed E-state index contributed by atoms with van der Waals surface area (Å²) in [5.41, 5.74) is 0.